The monoisotopic (exact) mass is 773 g/mol. The molecule has 0 saturated heterocycles. The fourth-order valence-corrected chi connectivity index (χ4v) is 7.87. The van der Waals surface area contributed by atoms with E-state index in [0.717, 1.165) is 53.5 Å². The van der Waals surface area contributed by atoms with Crippen LogP contribution in [-0.2, 0) is 0 Å². The predicted molar refractivity (Wildman–Crippen MR) is 262 cm³/mol. The van der Waals surface area contributed by atoms with E-state index in [9.17, 15) is 0 Å². The average molecular weight is 774 g/mol. The van der Waals surface area contributed by atoms with Gasteiger partial charge in [-0.25, -0.2) is 0 Å². The van der Waals surface area contributed by atoms with Crippen molar-refractivity contribution in [1.82, 2.24) is 0 Å². The molecule has 300 valence electrons. The number of aryl methyl sites for hydroxylation is 1. The minimum absolute atomic E-state index is 0.110. The summed E-state index contributed by atoms with van der Waals surface area (Å²) in [6.45, 7) is 25.1. The van der Waals surface area contributed by atoms with Gasteiger partial charge in [0.15, 0.2) is 0 Å². The van der Waals surface area contributed by atoms with Crippen LogP contribution in [0.3, 0.4) is 0 Å². The van der Waals surface area contributed by atoms with Gasteiger partial charge in [0, 0.05) is 17.3 Å². The number of rotatable bonds is 14. The van der Waals surface area contributed by atoms with Crippen LogP contribution in [0.1, 0.15) is 88.5 Å². The zero-order valence-electron chi connectivity index (χ0n) is 36.3. The van der Waals surface area contributed by atoms with E-state index in [1.165, 1.54) is 50.4 Å². The summed E-state index contributed by atoms with van der Waals surface area (Å²) in [5.41, 5.74) is 16.9. The van der Waals surface area contributed by atoms with Crippen molar-refractivity contribution in [2.24, 2.45) is 0 Å². The highest BCUT2D eigenvalue weighted by Gasteiger charge is 2.27. The Morgan fingerprint density at radius 2 is 1.68 bits per heavy atom. The minimum Gasteiger partial charge on any atom is -0.334 e. The lowest BCUT2D eigenvalue weighted by molar-refractivity contribution is 0.722. The summed E-state index contributed by atoms with van der Waals surface area (Å²) in [5, 5.41) is 0. The number of hydrogen-bond acceptors (Lipinski definition) is 1. The molecular formula is C58H63N. The number of anilines is 1. The topological polar surface area (TPSA) is 3.24 Å². The van der Waals surface area contributed by atoms with E-state index in [1.54, 1.807) is 0 Å². The number of benzene rings is 2. The molecule has 0 amide bonds. The van der Waals surface area contributed by atoms with Gasteiger partial charge in [0.25, 0.3) is 0 Å². The molecule has 2 atom stereocenters. The lowest BCUT2D eigenvalue weighted by Gasteiger charge is -2.37. The van der Waals surface area contributed by atoms with E-state index in [-0.39, 0.29) is 6.04 Å². The molecular weight excluding hydrogens is 711 g/mol. The van der Waals surface area contributed by atoms with Gasteiger partial charge in [0.2, 0.25) is 0 Å². The molecule has 2 unspecified atom stereocenters. The van der Waals surface area contributed by atoms with Crippen LogP contribution in [0.5, 0.6) is 0 Å². The van der Waals surface area contributed by atoms with Gasteiger partial charge in [-0.1, -0.05) is 177 Å². The van der Waals surface area contributed by atoms with Crippen molar-refractivity contribution in [3.05, 3.63) is 257 Å². The third kappa shape index (κ3) is 11.9. The Bertz CT molecular complexity index is 2320. The quantitative estimate of drug-likeness (QED) is 0.173. The van der Waals surface area contributed by atoms with Crippen molar-refractivity contribution < 1.29 is 0 Å². The molecule has 0 spiro atoms. The van der Waals surface area contributed by atoms with Crippen LogP contribution in [0.25, 0.3) is 11.6 Å². The van der Waals surface area contributed by atoms with Crippen molar-refractivity contribution in [1.29, 1.82) is 0 Å². The molecule has 2 aromatic rings. The number of allylic oxidation sites excluding steroid dienone is 27. The summed E-state index contributed by atoms with van der Waals surface area (Å²) >= 11 is 0. The van der Waals surface area contributed by atoms with E-state index in [4.69, 9.17) is 0 Å². The Kier molecular flexibility index (Phi) is 16.5. The van der Waals surface area contributed by atoms with Crippen molar-refractivity contribution >= 4 is 17.3 Å². The molecule has 3 aliphatic carbocycles. The second kappa shape index (κ2) is 22.1. The van der Waals surface area contributed by atoms with Gasteiger partial charge >= 0.3 is 0 Å². The Morgan fingerprint density at radius 1 is 0.864 bits per heavy atom. The lowest BCUT2D eigenvalue weighted by Crippen LogP contribution is -2.35. The maximum Gasteiger partial charge on any atom is 0.0565 e. The summed E-state index contributed by atoms with van der Waals surface area (Å²) in [4.78, 5) is 2.55. The largest absolute Gasteiger partial charge is 0.334 e. The van der Waals surface area contributed by atoms with Crippen molar-refractivity contribution in [3.63, 3.8) is 0 Å². The molecule has 0 saturated carbocycles. The molecule has 0 radical (unpaired) electrons. The maximum atomic E-state index is 4.28. The SMILES string of the molecule is C=CC(=C\C(=C)C)/C(/C=C\CC1=C(C(/C=C\C)=C/C)CC(N(C2=CCC(c3ccc(C)c(/C=C\C)c3)C=C2)c2ccc(C3=C/C(=C)/C=C\C=C/C/C=C\3)cc2)C=C1)=C/C. The summed E-state index contributed by atoms with van der Waals surface area (Å²) < 4.78 is 0. The zero-order chi connectivity index (χ0) is 42.1. The van der Waals surface area contributed by atoms with Gasteiger partial charge in [-0.3, -0.25) is 0 Å². The molecule has 0 fully saturated rings. The van der Waals surface area contributed by atoms with E-state index >= 15 is 0 Å². The van der Waals surface area contributed by atoms with Gasteiger partial charge in [-0.05, 0) is 153 Å². The van der Waals surface area contributed by atoms with Gasteiger partial charge in [-0.2, -0.15) is 0 Å². The highest BCUT2D eigenvalue weighted by Crippen LogP contribution is 2.38. The molecule has 5 rings (SSSR count). The third-order valence-corrected chi connectivity index (χ3v) is 10.9. The first-order valence-corrected chi connectivity index (χ1v) is 21.1. The normalized spacial score (nSPS) is 21.8. The first-order valence-electron chi connectivity index (χ1n) is 21.1. The Labute approximate surface area is 356 Å². The standard InChI is InChI=1S/C58H63N/c1-10-21-47(13-4)58-42-57(38-33-51(58)26-20-25-46(12-3)48(14-5)39-43(6)7)59(56-36-31-50(32-37-56)54-28-27-45(9)52(41-54)22-11-2)55-34-29-49(30-35-55)53-24-19-17-15-16-18-23-44(8)40-53/h10-16,18-25,27-31,33-41,50,57H,5-6,8,17,26,32,42H2,1-4,7,9H3/b16-15-,21-10-,22-11-,23-18-,24-19-,25-20-,46-12+,47-13+,48-39+,53-40+. The molecule has 0 aliphatic heterocycles. The van der Waals surface area contributed by atoms with E-state index in [0.29, 0.717) is 5.92 Å². The molecule has 59 heavy (non-hydrogen) atoms. The lowest BCUT2D eigenvalue weighted by atomic mass is 9.85. The van der Waals surface area contributed by atoms with Crippen LogP contribution in [0.2, 0.25) is 0 Å². The van der Waals surface area contributed by atoms with E-state index in [1.807, 2.05) is 13.0 Å². The van der Waals surface area contributed by atoms with Crippen molar-refractivity contribution in [3.8, 4) is 0 Å². The Hall–Kier alpha value is -6.18. The van der Waals surface area contributed by atoms with E-state index in [2.05, 4.69) is 229 Å². The second-order valence-corrected chi connectivity index (χ2v) is 15.3. The van der Waals surface area contributed by atoms with Gasteiger partial charge in [0.05, 0.1) is 6.04 Å². The zero-order valence-corrected chi connectivity index (χ0v) is 36.3. The van der Waals surface area contributed by atoms with Gasteiger partial charge in [0.1, 0.15) is 0 Å². The van der Waals surface area contributed by atoms with Crippen LogP contribution in [0.15, 0.2) is 235 Å². The number of hydrogen-bond donors (Lipinski definition) is 0. The van der Waals surface area contributed by atoms with E-state index < -0.39 is 0 Å². The number of nitrogens with zero attached hydrogens (tertiary/aromatic N) is 1. The van der Waals surface area contributed by atoms with Crippen LogP contribution < -0.4 is 4.90 Å². The highest BCUT2D eigenvalue weighted by atomic mass is 15.2. The van der Waals surface area contributed by atoms with Crippen LogP contribution in [-0.4, -0.2) is 6.04 Å². The molecule has 2 aromatic carbocycles. The maximum absolute atomic E-state index is 4.28. The van der Waals surface area contributed by atoms with Crippen molar-refractivity contribution in [2.75, 3.05) is 4.90 Å². The highest BCUT2D eigenvalue weighted by molar-refractivity contribution is 5.78. The van der Waals surface area contributed by atoms with Crippen LogP contribution >= 0.6 is 0 Å². The first-order chi connectivity index (χ1) is 28.7. The summed E-state index contributed by atoms with van der Waals surface area (Å²) in [5.74, 6) is 0.324. The van der Waals surface area contributed by atoms with Crippen LogP contribution in [0.4, 0.5) is 5.69 Å². The summed E-state index contributed by atoms with van der Waals surface area (Å²) in [6.07, 6.45) is 52.1. The fourth-order valence-electron chi connectivity index (χ4n) is 7.87. The van der Waals surface area contributed by atoms with Crippen LogP contribution in [0, 0.1) is 6.92 Å². The van der Waals surface area contributed by atoms with Crippen molar-refractivity contribution in [2.45, 2.75) is 79.2 Å². The van der Waals surface area contributed by atoms with Gasteiger partial charge < -0.3 is 4.90 Å². The molecule has 0 aromatic heterocycles. The smallest absolute Gasteiger partial charge is 0.0565 e. The average Bonchev–Trinajstić information content (AvgIpc) is 3.24. The first kappa shape index (κ1) is 43.9. The van der Waals surface area contributed by atoms with Gasteiger partial charge in [-0.15, -0.1) is 0 Å². The molecule has 0 N–H and O–H groups in total. The molecule has 1 nitrogen and oxygen atoms in total. The third-order valence-electron chi connectivity index (χ3n) is 10.9. The predicted octanol–water partition coefficient (Wildman–Crippen LogP) is 16.2. The summed E-state index contributed by atoms with van der Waals surface area (Å²) in [7, 11) is 0. The molecule has 0 heterocycles. The Morgan fingerprint density at radius 3 is 2.36 bits per heavy atom. The molecule has 1 heteroatoms. The molecule has 3 aliphatic rings. The molecule has 0 bridgehead atoms. The summed E-state index contributed by atoms with van der Waals surface area (Å²) in [6, 6.07) is 16.1. The minimum atomic E-state index is 0.110. The second-order valence-electron chi connectivity index (χ2n) is 15.3. The fraction of sp³-hybridized carbons (Fsp3) is 0.207. The Balaban J connectivity index is 1.53.